The topological polar surface area (TPSA) is 30.7 Å². The zero-order valence-electron chi connectivity index (χ0n) is 9.44. The molecule has 3 nitrogen and oxygen atoms in total. The maximum absolute atomic E-state index is 5.97. The normalized spacial score (nSPS) is 11.2. The molecule has 0 bridgehead atoms. The van der Waals surface area contributed by atoms with Crippen LogP contribution in [0, 0.1) is 13.8 Å². The van der Waals surface area contributed by atoms with Crippen molar-refractivity contribution in [2.24, 2.45) is 0 Å². The Bertz CT molecular complexity index is 699. The third kappa shape index (κ3) is 1.83. The molecule has 3 aromatic rings. The van der Waals surface area contributed by atoms with Crippen LogP contribution in [0.25, 0.3) is 15.3 Å². The second kappa shape index (κ2) is 3.82. The van der Waals surface area contributed by atoms with Gasteiger partial charge < -0.3 is 0 Å². The summed E-state index contributed by atoms with van der Waals surface area (Å²) in [5, 5.41) is 6.05. The van der Waals surface area contributed by atoms with E-state index in [9.17, 15) is 0 Å². The second-order valence-electron chi connectivity index (χ2n) is 3.95. The first-order valence-electron chi connectivity index (χ1n) is 5.23. The lowest BCUT2D eigenvalue weighted by Crippen LogP contribution is -1.97. The van der Waals surface area contributed by atoms with Gasteiger partial charge in [-0.3, -0.25) is 0 Å². The molecule has 0 aliphatic rings. The van der Waals surface area contributed by atoms with Gasteiger partial charge in [-0.05, 0) is 38.1 Å². The van der Waals surface area contributed by atoms with Gasteiger partial charge >= 0.3 is 0 Å². The Labute approximate surface area is 108 Å². The maximum atomic E-state index is 5.97. The van der Waals surface area contributed by atoms with Crippen LogP contribution in [0.5, 0.6) is 0 Å². The Morgan fingerprint density at radius 1 is 1.24 bits per heavy atom. The van der Waals surface area contributed by atoms with Crippen molar-refractivity contribution in [3.05, 3.63) is 40.7 Å². The number of halogens is 1. The van der Waals surface area contributed by atoms with E-state index in [2.05, 4.69) is 10.1 Å². The Hall–Kier alpha value is -1.39. The molecule has 0 radical (unpaired) electrons. The Kier molecular flexibility index (Phi) is 2.42. The summed E-state index contributed by atoms with van der Waals surface area (Å²) in [6.07, 6.45) is 0. The average molecular weight is 264 g/mol. The zero-order chi connectivity index (χ0) is 12.0. The molecule has 0 atom stereocenters. The van der Waals surface area contributed by atoms with Gasteiger partial charge in [-0.25, -0.2) is 9.67 Å². The molecule has 17 heavy (non-hydrogen) atoms. The van der Waals surface area contributed by atoms with E-state index in [1.54, 1.807) is 11.3 Å². The molecule has 0 aliphatic carbocycles. The number of hydrogen-bond donors (Lipinski definition) is 0. The number of aromatic nitrogens is 3. The van der Waals surface area contributed by atoms with Gasteiger partial charge in [0.25, 0.3) is 0 Å². The molecule has 3 rings (SSSR count). The third-order valence-corrected chi connectivity index (χ3v) is 3.76. The highest BCUT2D eigenvalue weighted by molar-refractivity contribution is 7.20. The fraction of sp³-hybridized carbons (Fsp3) is 0.167. The number of fused-ring (bicyclic) bond motifs is 1. The summed E-state index contributed by atoms with van der Waals surface area (Å²) in [5.74, 6) is 0. The van der Waals surface area contributed by atoms with E-state index in [1.165, 1.54) is 0 Å². The highest BCUT2D eigenvalue weighted by Crippen LogP contribution is 2.27. The van der Waals surface area contributed by atoms with E-state index in [4.69, 9.17) is 11.6 Å². The van der Waals surface area contributed by atoms with Gasteiger partial charge in [0.2, 0.25) is 5.13 Å². The van der Waals surface area contributed by atoms with Crippen molar-refractivity contribution in [2.75, 3.05) is 0 Å². The van der Waals surface area contributed by atoms with Gasteiger partial charge in [-0.2, -0.15) is 5.10 Å². The predicted octanol–water partition coefficient (Wildman–Crippen LogP) is 3.75. The summed E-state index contributed by atoms with van der Waals surface area (Å²) in [5.41, 5.74) is 3.05. The van der Waals surface area contributed by atoms with Crippen LogP contribution in [-0.2, 0) is 0 Å². The van der Waals surface area contributed by atoms with Crippen molar-refractivity contribution in [1.29, 1.82) is 0 Å². The molecule has 0 saturated heterocycles. The van der Waals surface area contributed by atoms with Gasteiger partial charge in [-0.15, -0.1) is 0 Å². The SMILES string of the molecule is Cc1cc(C)n(-c2nc3ccc(Cl)cc3s2)n1. The lowest BCUT2D eigenvalue weighted by atomic mass is 10.3. The fourth-order valence-electron chi connectivity index (χ4n) is 1.80. The number of nitrogens with zero attached hydrogens (tertiary/aromatic N) is 3. The van der Waals surface area contributed by atoms with Crippen molar-refractivity contribution in [3.63, 3.8) is 0 Å². The van der Waals surface area contributed by atoms with Crippen LogP contribution >= 0.6 is 22.9 Å². The highest BCUT2D eigenvalue weighted by atomic mass is 35.5. The van der Waals surface area contributed by atoms with Crippen LogP contribution in [0.3, 0.4) is 0 Å². The zero-order valence-corrected chi connectivity index (χ0v) is 11.0. The predicted molar refractivity (Wildman–Crippen MR) is 71.2 cm³/mol. The minimum Gasteiger partial charge on any atom is -0.218 e. The molecule has 0 aliphatic heterocycles. The van der Waals surface area contributed by atoms with Crippen molar-refractivity contribution in [1.82, 2.24) is 14.8 Å². The van der Waals surface area contributed by atoms with Crippen LogP contribution in [-0.4, -0.2) is 14.8 Å². The average Bonchev–Trinajstić information content (AvgIpc) is 2.80. The summed E-state index contributed by atoms with van der Waals surface area (Å²) >= 11 is 7.56. The third-order valence-electron chi connectivity index (χ3n) is 2.53. The minimum atomic E-state index is 0.737. The monoisotopic (exact) mass is 263 g/mol. The molecule has 5 heteroatoms. The quantitative estimate of drug-likeness (QED) is 0.669. The number of rotatable bonds is 1. The van der Waals surface area contributed by atoms with Gasteiger partial charge in [0, 0.05) is 10.7 Å². The largest absolute Gasteiger partial charge is 0.218 e. The lowest BCUT2D eigenvalue weighted by Gasteiger charge is -1.96. The van der Waals surface area contributed by atoms with E-state index in [0.717, 1.165) is 31.8 Å². The molecule has 0 N–H and O–H groups in total. The lowest BCUT2D eigenvalue weighted by molar-refractivity contribution is 0.828. The Morgan fingerprint density at radius 2 is 2.06 bits per heavy atom. The molecule has 0 saturated carbocycles. The summed E-state index contributed by atoms with van der Waals surface area (Å²) in [4.78, 5) is 4.56. The summed E-state index contributed by atoms with van der Waals surface area (Å²) < 4.78 is 2.95. The van der Waals surface area contributed by atoms with Crippen LogP contribution < -0.4 is 0 Å². The Balaban J connectivity index is 2.21. The number of hydrogen-bond acceptors (Lipinski definition) is 3. The van der Waals surface area contributed by atoms with E-state index in [-0.39, 0.29) is 0 Å². The van der Waals surface area contributed by atoms with Crippen LogP contribution in [0.2, 0.25) is 5.02 Å². The molecular weight excluding hydrogens is 254 g/mol. The van der Waals surface area contributed by atoms with Crippen molar-refractivity contribution < 1.29 is 0 Å². The number of thiazole rings is 1. The Morgan fingerprint density at radius 3 is 2.76 bits per heavy atom. The van der Waals surface area contributed by atoms with Crippen LogP contribution in [0.4, 0.5) is 0 Å². The number of benzene rings is 1. The minimum absolute atomic E-state index is 0.737. The molecular formula is C12H10ClN3S. The molecule has 0 amide bonds. The first-order chi connectivity index (χ1) is 8.13. The summed E-state index contributed by atoms with van der Waals surface area (Å²) in [6, 6.07) is 7.76. The van der Waals surface area contributed by atoms with Crippen LogP contribution in [0.15, 0.2) is 24.3 Å². The molecule has 86 valence electrons. The summed E-state index contributed by atoms with van der Waals surface area (Å²) in [7, 11) is 0. The highest BCUT2D eigenvalue weighted by Gasteiger charge is 2.09. The molecule has 0 unspecified atom stereocenters. The van der Waals surface area contributed by atoms with Gasteiger partial charge in [0.1, 0.15) is 0 Å². The van der Waals surface area contributed by atoms with Crippen LogP contribution in [0.1, 0.15) is 11.4 Å². The van der Waals surface area contributed by atoms with E-state index >= 15 is 0 Å². The van der Waals surface area contributed by atoms with Crippen molar-refractivity contribution in [2.45, 2.75) is 13.8 Å². The van der Waals surface area contributed by atoms with E-state index in [0.29, 0.717) is 0 Å². The van der Waals surface area contributed by atoms with Crippen molar-refractivity contribution in [3.8, 4) is 5.13 Å². The van der Waals surface area contributed by atoms with Gasteiger partial charge in [-0.1, -0.05) is 22.9 Å². The maximum Gasteiger partial charge on any atom is 0.211 e. The standard InChI is InChI=1S/C12H10ClN3S/c1-7-5-8(2)16(15-7)12-14-10-4-3-9(13)6-11(10)17-12/h3-6H,1-2H3. The van der Waals surface area contributed by atoms with Crippen molar-refractivity contribution >= 4 is 33.2 Å². The molecule has 0 fully saturated rings. The second-order valence-corrected chi connectivity index (χ2v) is 5.39. The van der Waals surface area contributed by atoms with E-state index < -0.39 is 0 Å². The van der Waals surface area contributed by atoms with Gasteiger partial charge in [0.05, 0.1) is 15.9 Å². The molecule has 0 spiro atoms. The molecule has 2 heterocycles. The summed E-state index contributed by atoms with van der Waals surface area (Å²) in [6.45, 7) is 4.01. The van der Waals surface area contributed by atoms with E-state index in [1.807, 2.05) is 42.8 Å². The first kappa shape index (κ1) is 10.7. The molecule has 1 aromatic carbocycles. The number of aryl methyl sites for hydroxylation is 2. The fourth-order valence-corrected chi connectivity index (χ4v) is 3.05. The van der Waals surface area contributed by atoms with Gasteiger partial charge in [0.15, 0.2) is 0 Å². The first-order valence-corrected chi connectivity index (χ1v) is 6.43. The molecule has 2 aromatic heterocycles. The smallest absolute Gasteiger partial charge is 0.211 e.